The van der Waals surface area contributed by atoms with Gasteiger partial charge in [-0.2, -0.15) is 0 Å². The Balaban J connectivity index is 1.58. The van der Waals surface area contributed by atoms with Crippen LogP contribution in [0.1, 0.15) is 43.5 Å². The van der Waals surface area contributed by atoms with E-state index in [1.165, 1.54) is 30.8 Å². The Morgan fingerprint density at radius 3 is 2.62 bits per heavy atom. The number of likely N-dealkylation sites (tertiary alicyclic amines) is 1. The van der Waals surface area contributed by atoms with E-state index in [1.54, 1.807) is 0 Å². The molecule has 0 aliphatic carbocycles. The van der Waals surface area contributed by atoms with Crippen LogP contribution in [-0.4, -0.2) is 81.8 Å². The van der Waals surface area contributed by atoms with Gasteiger partial charge in [0.2, 0.25) is 0 Å². The van der Waals surface area contributed by atoms with Gasteiger partial charge in [-0.15, -0.1) is 11.3 Å². The quantitative estimate of drug-likeness (QED) is 0.524. The number of piperidine rings is 1. The highest BCUT2D eigenvalue weighted by Gasteiger charge is 2.35. The molecular weight excluding hydrogens is 382 g/mol. The zero-order valence-electron chi connectivity index (χ0n) is 18.6. The van der Waals surface area contributed by atoms with Crippen molar-refractivity contribution in [2.24, 2.45) is 10.9 Å². The molecule has 2 saturated heterocycles. The summed E-state index contributed by atoms with van der Waals surface area (Å²) in [5, 5.41) is 9.40. The predicted molar refractivity (Wildman–Crippen MR) is 123 cm³/mol. The van der Waals surface area contributed by atoms with Gasteiger partial charge in [0.1, 0.15) is 0 Å². The Hall–Kier alpha value is -1.15. The molecule has 29 heavy (non-hydrogen) atoms. The van der Waals surface area contributed by atoms with Gasteiger partial charge in [-0.25, -0.2) is 0 Å². The monoisotopic (exact) mass is 421 g/mol. The molecule has 0 amide bonds. The van der Waals surface area contributed by atoms with Crippen LogP contribution in [0.25, 0.3) is 0 Å². The third kappa shape index (κ3) is 5.94. The lowest BCUT2D eigenvalue weighted by Gasteiger charge is -2.43. The van der Waals surface area contributed by atoms with Crippen molar-refractivity contribution in [1.82, 2.24) is 20.4 Å². The zero-order valence-corrected chi connectivity index (χ0v) is 19.4. The number of hydrogen-bond acceptors (Lipinski definition) is 5. The number of nitrogens with one attached hydrogen (secondary N) is 2. The van der Waals surface area contributed by atoms with E-state index in [0.29, 0.717) is 6.04 Å². The van der Waals surface area contributed by atoms with Gasteiger partial charge in [-0.3, -0.25) is 9.89 Å². The van der Waals surface area contributed by atoms with Crippen molar-refractivity contribution in [3.8, 4) is 0 Å². The van der Waals surface area contributed by atoms with Crippen LogP contribution in [0.3, 0.4) is 0 Å². The van der Waals surface area contributed by atoms with Crippen LogP contribution in [0.5, 0.6) is 0 Å². The summed E-state index contributed by atoms with van der Waals surface area (Å²) in [6.07, 6.45) is 4.69. The molecule has 2 fully saturated rings. The number of aliphatic imine (C=N–C) groups is 1. The van der Waals surface area contributed by atoms with Gasteiger partial charge in [0, 0.05) is 43.8 Å². The second-order valence-electron chi connectivity index (χ2n) is 8.79. The molecule has 1 atom stereocenters. The summed E-state index contributed by atoms with van der Waals surface area (Å²) in [6.45, 7) is 8.17. The van der Waals surface area contributed by atoms with Crippen LogP contribution < -0.4 is 10.6 Å². The summed E-state index contributed by atoms with van der Waals surface area (Å²) < 4.78 is 5.60. The molecule has 7 heteroatoms. The second-order valence-corrected chi connectivity index (χ2v) is 9.77. The number of likely N-dealkylation sites (N-methyl/N-ethyl adjacent to an activating group) is 1. The minimum atomic E-state index is 0.131. The van der Waals surface area contributed by atoms with E-state index in [4.69, 9.17) is 4.74 Å². The third-order valence-corrected chi connectivity index (χ3v) is 7.75. The average molecular weight is 422 g/mol. The second kappa shape index (κ2) is 10.8. The topological polar surface area (TPSA) is 52.1 Å². The summed E-state index contributed by atoms with van der Waals surface area (Å²) in [5.74, 6) is 1.74. The fourth-order valence-corrected chi connectivity index (χ4v) is 5.29. The maximum absolute atomic E-state index is 5.60. The van der Waals surface area contributed by atoms with Crippen LogP contribution in [-0.2, 0) is 4.74 Å². The van der Waals surface area contributed by atoms with Crippen molar-refractivity contribution in [2.75, 3.05) is 60.5 Å². The first-order valence-corrected chi connectivity index (χ1v) is 11.9. The first-order valence-electron chi connectivity index (χ1n) is 11.0. The highest BCUT2D eigenvalue weighted by atomic mass is 32.1. The molecule has 3 rings (SSSR count). The minimum Gasteiger partial charge on any atom is -0.381 e. The van der Waals surface area contributed by atoms with Crippen LogP contribution in [0.15, 0.2) is 22.5 Å². The molecule has 1 unspecified atom stereocenters. The maximum atomic E-state index is 5.60. The van der Waals surface area contributed by atoms with Crippen molar-refractivity contribution in [3.05, 3.63) is 22.4 Å². The van der Waals surface area contributed by atoms with Gasteiger partial charge in [0.25, 0.3) is 0 Å². The number of thiophene rings is 1. The molecule has 2 N–H and O–H groups in total. The number of guanidine groups is 1. The van der Waals surface area contributed by atoms with E-state index in [1.807, 2.05) is 18.4 Å². The van der Waals surface area contributed by atoms with Gasteiger partial charge < -0.3 is 20.3 Å². The van der Waals surface area contributed by atoms with E-state index in [2.05, 4.69) is 64.0 Å². The number of hydrogen-bond donors (Lipinski definition) is 2. The third-order valence-electron chi connectivity index (χ3n) is 6.77. The van der Waals surface area contributed by atoms with Crippen molar-refractivity contribution in [2.45, 2.75) is 44.2 Å². The molecule has 6 nitrogen and oxygen atoms in total. The standard InChI is InChI=1S/C22H39N5OS/c1-18-7-11-27(12-8-18)19(20-6-5-15-29-20)16-24-21(23-2)25-17-22(26(3)4)9-13-28-14-10-22/h5-6,15,18-19H,7-14,16-17H2,1-4H3,(H2,23,24,25). The summed E-state index contributed by atoms with van der Waals surface area (Å²) in [7, 11) is 6.21. The Morgan fingerprint density at radius 2 is 2.03 bits per heavy atom. The van der Waals surface area contributed by atoms with Gasteiger partial charge >= 0.3 is 0 Å². The smallest absolute Gasteiger partial charge is 0.191 e. The average Bonchev–Trinajstić information content (AvgIpc) is 3.27. The van der Waals surface area contributed by atoms with Crippen molar-refractivity contribution >= 4 is 17.3 Å². The van der Waals surface area contributed by atoms with E-state index in [9.17, 15) is 0 Å². The molecule has 0 aromatic carbocycles. The van der Waals surface area contributed by atoms with Crippen LogP contribution >= 0.6 is 11.3 Å². The van der Waals surface area contributed by atoms with Crippen molar-refractivity contribution < 1.29 is 4.74 Å². The lowest BCUT2D eigenvalue weighted by Crippen LogP contribution is -2.57. The maximum Gasteiger partial charge on any atom is 0.191 e. The van der Waals surface area contributed by atoms with Gasteiger partial charge in [-0.1, -0.05) is 13.0 Å². The molecule has 1 aromatic rings. The van der Waals surface area contributed by atoms with Crippen LogP contribution in [0.4, 0.5) is 0 Å². The first-order chi connectivity index (χ1) is 14.0. The molecule has 2 aliphatic heterocycles. The summed E-state index contributed by atoms with van der Waals surface area (Å²) in [6, 6.07) is 4.85. The summed E-state index contributed by atoms with van der Waals surface area (Å²) in [5.41, 5.74) is 0.131. The molecular formula is C22H39N5OS. The van der Waals surface area contributed by atoms with E-state index < -0.39 is 0 Å². The highest BCUT2D eigenvalue weighted by Crippen LogP contribution is 2.29. The van der Waals surface area contributed by atoms with Gasteiger partial charge in [0.05, 0.1) is 6.04 Å². The van der Waals surface area contributed by atoms with E-state index in [0.717, 1.165) is 51.0 Å². The molecule has 164 valence electrons. The fraction of sp³-hybridized carbons (Fsp3) is 0.773. The molecule has 0 spiro atoms. The molecule has 2 aliphatic rings. The number of nitrogens with zero attached hydrogens (tertiary/aromatic N) is 3. The minimum absolute atomic E-state index is 0.131. The molecule has 1 aromatic heterocycles. The predicted octanol–water partition coefficient (Wildman–Crippen LogP) is 2.80. The Bertz CT molecular complexity index is 619. The number of ether oxygens (including phenoxy) is 1. The van der Waals surface area contributed by atoms with E-state index in [-0.39, 0.29) is 5.54 Å². The highest BCUT2D eigenvalue weighted by molar-refractivity contribution is 7.10. The van der Waals surface area contributed by atoms with Gasteiger partial charge in [-0.05, 0) is 70.2 Å². The normalized spacial score (nSPS) is 22.6. The Labute approximate surface area is 180 Å². The lowest BCUT2D eigenvalue weighted by atomic mass is 9.88. The molecule has 0 bridgehead atoms. The van der Waals surface area contributed by atoms with Crippen molar-refractivity contribution in [3.63, 3.8) is 0 Å². The Morgan fingerprint density at radius 1 is 1.31 bits per heavy atom. The van der Waals surface area contributed by atoms with E-state index >= 15 is 0 Å². The lowest BCUT2D eigenvalue weighted by molar-refractivity contribution is -0.00502. The SMILES string of the molecule is CN=C(NCC(c1cccs1)N1CCC(C)CC1)NCC1(N(C)C)CCOCC1. The molecule has 0 saturated carbocycles. The first kappa shape index (κ1) is 22.5. The zero-order chi connectivity index (χ0) is 20.7. The molecule has 3 heterocycles. The summed E-state index contributed by atoms with van der Waals surface area (Å²) in [4.78, 5) is 10.9. The largest absolute Gasteiger partial charge is 0.381 e. The van der Waals surface area contributed by atoms with Crippen LogP contribution in [0, 0.1) is 5.92 Å². The fourth-order valence-electron chi connectivity index (χ4n) is 4.43. The Kier molecular flexibility index (Phi) is 8.35. The van der Waals surface area contributed by atoms with Crippen molar-refractivity contribution in [1.29, 1.82) is 0 Å². The summed E-state index contributed by atoms with van der Waals surface area (Å²) >= 11 is 1.86. The number of rotatable bonds is 7. The molecule has 0 radical (unpaired) electrons. The van der Waals surface area contributed by atoms with Gasteiger partial charge in [0.15, 0.2) is 5.96 Å². The van der Waals surface area contributed by atoms with Crippen LogP contribution in [0.2, 0.25) is 0 Å².